The molecular weight excluding hydrogens is 268 g/mol. The molecule has 0 bridgehead atoms. The summed E-state index contributed by atoms with van der Waals surface area (Å²) in [7, 11) is 0. The summed E-state index contributed by atoms with van der Waals surface area (Å²) in [6, 6.07) is 0. The summed E-state index contributed by atoms with van der Waals surface area (Å²) >= 11 is 3.05. The molecule has 0 aromatic carbocycles. The van der Waals surface area contributed by atoms with Gasteiger partial charge in [-0.3, -0.25) is 0 Å². The fourth-order valence-corrected chi connectivity index (χ4v) is 1.42. The Hall–Kier alpha value is -1.31. The monoisotopic (exact) mass is 276 g/mol. The van der Waals surface area contributed by atoms with Gasteiger partial charge in [-0.25, -0.2) is 0 Å². The third-order valence-electron chi connectivity index (χ3n) is 1.68. The number of carbonyl (C=O) groups is 1. The van der Waals surface area contributed by atoms with Gasteiger partial charge in [-0.2, -0.15) is 4.68 Å². The van der Waals surface area contributed by atoms with Crippen molar-refractivity contribution in [3.8, 4) is 0 Å². The second-order valence-electron chi connectivity index (χ2n) is 2.97. The molecule has 82 valence electrons. The third-order valence-corrected chi connectivity index (χ3v) is 2.26. The van der Waals surface area contributed by atoms with Crippen LogP contribution < -0.4 is 0 Å². The average molecular weight is 277 g/mol. The molecule has 1 rings (SSSR count). The maximum atomic E-state index is 10.7. The molecule has 0 aliphatic carbocycles. The van der Waals surface area contributed by atoms with Crippen LogP contribution in [0, 0.1) is 10.1 Å². The van der Waals surface area contributed by atoms with Gasteiger partial charge in [0.05, 0.1) is 6.54 Å². The third kappa shape index (κ3) is 3.39. The Morgan fingerprint density at radius 1 is 1.67 bits per heavy atom. The Balaban J connectivity index is 2.61. The number of nitro groups is 1. The van der Waals surface area contributed by atoms with Crippen LogP contribution in [0.2, 0.25) is 0 Å². The molecule has 0 unspecified atom stereocenters. The summed E-state index contributed by atoms with van der Waals surface area (Å²) in [5.74, 6) is -0.356. The fraction of sp³-hybridized carbons (Fsp3) is 0.571. The number of hydrogen-bond acceptors (Lipinski definition) is 5. The van der Waals surface area contributed by atoms with Crippen LogP contribution in [0.15, 0.2) is 4.73 Å². The molecule has 8 heteroatoms. The zero-order valence-corrected chi connectivity index (χ0v) is 9.60. The first-order chi connectivity index (χ1) is 7.00. The van der Waals surface area contributed by atoms with E-state index < -0.39 is 10.9 Å². The molecular formula is C7H9BrN4O3. The number of Topliss-reactive ketones (excluding diaryl/α,β-unsaturated/α-hetero) is 1. The molecule has 0 saturated carbocycles. The highest BCUT2D eigenvalue weighted by atomic mass is 79.9. The predicted molar refractivity (Wildman–Crippen MR) is 54.3 cm³/mol. The molecule has 0 radical (unpaired) electrons. The van der Waals surface area contributed by atoms with Crippen LogP contribution >= 0.6 is 15.9 Å². The van der Waals surface area contributed by atoms with Gasteiger partial charge in [-0.15, -0.1) is 0 Å². The maximum Gasteiger partial charge on any atom is 0.492 e. The summed E-state index contributed by atoms with van der Waals surface area (Å²) in [5, 5.41) is 14.0. The summed E-state index contributed by atoms with van der Waals surface area (Å²) < 4.78 is 1.67. The van der Waals surface area contributed by atoms with Crippen LogP contribution in [0.25, 0.3) is 0 Å². The number of halogens is 1. The number of hydrogen-bond donors (Lipinski definition) is 0. The minimum absolute atomic E-state index is 0.0840. The van der Waals surface area contributed by atoms with Crippen LogP contribution in [-0.2, 0) is 11.3 Å². The topological polar surface area (TPSA) is 90.9 Å². The SMILES string of the molecule is CC(=O)CCCn1nc([N+](=O)[O-])nc1Br. The van der Waals surface area contributed by atoms with E-state index in [1.54, 1.807) is 0 Å². The van der Waals surface area contributed by atoms with Crippen LogP contribution in [-0.4, -0.2) is 25.5 Å². The van der Waals surface area contributed by atoms with Crippen LogP contribution in [0.4, 0.5) is 5.95 Å². The molecule has 0 aliphatic rings. The van der Waals surface area contributed by atoms with E-state index >= 15 is 0 Å². The quantitative estimate of drug-likeness (QED) is 0.598. The second kappa shape index (κ2) is 4.96. The van der Waals surface area contributed by atoms with Gasteiger partial charge in [0.15, 0.2) is 0 Å². The summed E-state index contributed by atoms with van der Waals surface area (Å²) in [6.07, 6.45) is 1.02. The molecule has 0 saturated heterocycles. The number of aryl methyl sites for hydroxylation is 1. The lowest BCUT2D eigenvalue weighted by Crippen LogP contribution is -2.03. The largest absolute Gasteiger partial charge is 0.492 e. The van der Waals surface area contributed by atoms with Crippen molar-refractivity contribution in [2.24, 2.45) is 0 Å². The number of carbonyl (C=O) groups excluding carboxylic acids is 1. The van der Waals surface area contributed by atoms with E-state index in [0.29, 0.717) is 24.1 Å². The Kier molecular flexibility index (Phi) is 3.89. The van der Waals surface area contributed by atoms with E-state index in [2.05, 4.69) is 26.0 Å². The first-order valence-electron chi connectivity index (χ1n) is 4.25. The zero-order chi connectivity index (χ0) is 11.4. The van der Waals surface area contributed by atoms with Crippen molar-refractivity contribution < 1.29 is 9.72 Å². The summed E-state index contributed by atoms with van der Waals surface area (Å²) in [5.41, 5.74) is 0. The molecule has 0 atom stereocenters. The zero-order valence-electron chi connectivity index (χ0n) is 8.01. The highest BCUT2D eigenvalue weighted by Crippen LogP contribution is 2.12. The van der Waals surface area contributed by atoms with E-state index in [-0.39, 0.29) is 5.78 Å². The lowest BCUT2D eigenvalue weighted by Gasteiger charge is -1.95. The molecule has 7 nitrogen and oxygen atoms in total. The number of nitrogens with zero attached hydrogens (tertiary/aromatic N) is 4. The molecule has 0 aliphatic heterocycles. The lowest BCUT2D eigenvalue weighted by molar-refractivity contribution is -0.394. The summed E-state index contributed by atoms with van der Waals surface area (Å²) in [6.45, 7) is 1.93. The van der Waals surface area contributed by atoms with E-state index in [0.717, 1.165) is 0 Å². The minimum atomic E-state index is -0.660. The fourth-order valence-electron chi connectivity index (χ4n) is 1.01. The predicted octanol–water partition coefficient (Wildman–Crippen LogP) is 1.32. The van der Waals surface area contributed by atoms with Crippen molar-refractivity contribution in [2.45, 2.75) is 26.3 Å². The Morgan fingerprint density at radius 2 is 2.33 bits per heavy atom. The number of aromatic nitrogens is 3. The number of rotatable bonds is 5. The van der Waals surface area contributed by atoms with Gasteiger partial charge >= 0.3 is 5.95 Å². The van der Waals surface area contributed by atoms with Crippen molar-refractivity contribution in [1.82, 2.24) is 14.8 Å². The molecule has 15 heavy (non-hydrogen) atoms. The van der Waals surface area contributed by atoms with Crippen LogP contribution in [0.1, 0.15) is 19.8 Å². The van der Waals surface area contributed by atoms with E-state index in [4.69, 9.17) is 0 Å². The Morgan fingerprint density at radius 3 is 2.80 bits per heavy atom. The van der Waals surface area contributed by atoms with Crippen molar-refractivity contribution in [3.63, 3.8) is 0 Å². The standard InChI is InChI=1S/C7H9BrN4O3/c1-5(13)3-2-4-11-6(8)9-7(10-11)12(14)15/h2-4H2,1H3. The number of ketones is 1. The van der Waals surface area contributed by atoms with Gasteiger partial charge in [-0.1, -0.05) is 0 Å². The highest BCUT2D eigenvalue weighted by Gasteiger charge is 2.18. The van der Waals surface area contributed by atoms with E-state index in [9.17, 15) is 14.9 Å². The lowest BCUT2D eigenvalue weighted by atomic mass is 10.2. The summed E-state index contributed by atoms with van der Waals surface area (Å²) in [4.78, 5) is 23.9. The molecule has 1 aromatic rings. The second-order valence-corrected chi connectivity index (χ2v) is 3.68. The van der Waals surface area contributed by atoms with Gasteiger partial charge in [0, 0.05) is 27.4 Å². The van der Waals surface area contributed by atoms with Crippen molar-refractivity contribution in [1.29, 1.82) is 0 Å². The molecule has 1 aromatic heterocycles. The van der Waals surface area contributed by atoms with Crippen molar-refractivity contribution >= 4 is 27.7 Å². The first-order valence-corrected chi connectivity index (χ1v) is 5.04. The molecule has 0 amide bonds. The first kappa shape index (κ1) is 11.8. The van der Waals surface area contributed by atoms with Gasteiger partial charge in [0.1, 0.15) is 5.78 Å². The van der Waals surface area contributed by atoms with E-state index in [1.807, 2.05) is 0 Å². The molecule has 0 N–H and O–H groups in total. The van der Waals surface area contributed by atoms with Gasteiger partial charge in [-0.05, 0) is 23.3 Å². The van der Waals surface area contributed by atoms with Crippen molar-refractivity contribution in [3.05, 3.63) is 14.8 Å². The van der Waals surface area contributed by atoms with Gasteiger partial charge in [0.2, 0.25) is 0 Å². The molecule has 1 heterocycles. The van der Waals surface area contributed by atoms with Crippen LogP contribution in [0.3, 0.4) is 0 Å². The maximum absolute atomic E-state index is 10.7. The Bertz CT molecular complexity index is 390. The molecule has 0 fully saturated rings. The van der Waals surface area contributed by atoms with Gasteiger partial charge < -0.3 is 14.9 Å². The smallest absolute Gasteiger partial charge is 0.390 e. The molecule has 0 spiro atoms. The Labute approximate surface area is 93.8 Å². The van der Waals surface area contributed by atoms with E-state index in [1.165, 1.54) is 11.6 Å². The highest BCUT2D eigenvalue weighted by molar-refractivity contribution is 9.10. The van der Waals surface area contributed by atoms with Crippen LogP contribution in [0.5, 0.6) is 0 Å². The normalized spacial score (nSPS) is 10.3. The average Bonchev–Trinajstić information content (AvgIpc) is 2.47. The minimum Gasteiger partial charge on any atom is -0.390 e. The van der Waals surface area contributed by atoms with Crippen molar-refractivity contribution in [2.75, 3.05) is 0 Å². The van der Waals surface area contributed by atoms with Gasteiger partial charge in [0.25, 0.3) is 4.73 Å².